The van der Waals surface area contributed by atoms with Crippen molar-refractivity contribution in [3.63, 3.8) is 0 Å². The number of aromatic nitrogens is 4. The van der Waals surface area contributed by atoms with Gasteiger partial charge in [0.1, 0.15) is 5.82 Å². The molecule has 3 aromatic rings. The minimum Gasteiger partial charge on any atom is -0.467 e. The fourth-order valence-electron chi connectivity index (χ4n) is 3.17. The molecule has 0 amide bonds. The highest BCUT2D eigenvalue weighted by Crippen LogP contribution is 2.23. The van der Waals surface area contributed by atoms with Crippen LogP contribution in [-0.2, 0) is 19.7 Å². The second kappa shape index (κ2) is 8.34. The van der Waals surface area contributed by atoms with Gasteiger partial charge in [0, 0.05) is 32.6 Å². The molecule has 0 N–H and O–H groups in total. The summed E-state index contributed by atoms with van der Waals surface area (Å²) in [6, 6.07) is 7.81. The van der Waals surface area contributed by atoms with Gasteiger partial charge >= 0.3 is 0 Å². The van der Waals surface area contributed by atoms with Gasteiger partial charge in [-0.15, -0.1) is 5.10 Å². The number of ether oxygens (including phenoxy) is 1. The Labute approximate surface area is 168 Å². The topological polar surface area (TPSA) is 72.5 Å². The highest BCUT2D eigenvalue weighted by Gasteiger charge is 2.16. The molecule has 148 valence electrons. The second-order valence-corrected chi connectivity index (χ2v) is 7.28. The van der Waals surface area contributed by atoms with Crippen molar-refractivity contribution >= 4 is 23.1 Å². The molecule has 9 heteroatoms. The minimum absolute atomic E-state index is 0.170. The zero-order valence-electron chi connectivity index (χ0n) is 16.2. The molecule has 1 fully saturated rings. The second-order valence-electron chi connectivity index (χ2n) is 6.93. The molecule has 2 aromatic heterocycles. The summed E-state index contributed by atoms with van der Waals surface area (Å²) in [5, 5.41) is 5.35. The van der Waals surface area contributed by atoms with E-state index < -0.39 is 0 Å². The van der Waals surface area contributed by atoms with Gasteiger partial charge in [-0.25, -0.2) is 9.67 Å². The van der Waals surface area contributed by atoms with Crippen LogP contribution in [0.2, 0.25) is 0 Å². The summed E-state index contributed by atoms with van der Waals surface area (Å²) in [6.45, 7) is 6.89. The van der Waals surface area contributed by atoms with E-state index in [1.165, 1.54) is 0 Å². The van der Waals surface area contributed by atoms with E-state index in [1.54, 1.807) is 4.68 Å². The van der Waals surface area contributed by atoms with Gasteiger partial charge in [0.2, 0.25) is 5.88 Å². The maximum Gasteiger partial charge on any atom is 0.288 e. The Kier molecular flexibility index (Phi) is 5.65. The molecule has 1 aliphatic heterocycles. The zero-order chi connectivity index (χ0) is 19.5. The number of nitrogens with zero attached hydrogens (tertiary/aromatic N) is 6. The number of piperazine rings is 1. The quantitative estimate of drug-likeness (QED) is 0.585. The van der Waals surface area contributed by atoms with Crippen molar-refractivity contribution in [1.82, 2.24) is 29.5 Å². The lowest BCUT2D eigenvalue weighted by atomic mass is 10.2. The first kappa shape index (κ1) is 19.0. The molecule has 0 bridgehead atoms. The molecule has 0 saturated carbocycles. The summed E-state index contributed by atoms with van der Waals surface area (Å²) in [7, 11) is 2.13. The summed E-state index contributed by atoms with van der Waals surface area (Å²) >= 11 is 5.33. The van der Waals surface area contributed by atoms with Crippen LogP contribution in [0.4, 0.5) is 0 Å². The lowest BCUT2D eigenvalue weighted by Gasteiger charge is -2.31. The molecular formula is C19H24N6O2S. The molecule has 8 nitrogen and oxygen atoms in total. The van der Waals surface area contributed by atoms with E-state index in [9.17, 15) is 0 Å². The number of likely N-dealkylation sites (N-methyl/N-ethyl adjacent to an activating group) is 1. The van der Waals surface area contributed by atoms with Crippen molar-refractivity contribution in [1.29, 1.82) is 0 Å². The number of hydrogen-bond donors (Lipinski definition) is 0. The molecule has 4 rings (SSSR count). The summed E-state index contributed by atoms with van der Waals surface area (Å²) < 4.78 is 13.3. The lowest BCUT2D eigenvalue weighted by molar-refractivity contribution is 0.118. The van der Waals surface area contributed by atoms with Crippen LogP contribution in [0.5, 0.6) is 5.88 Å². The standard InChI is InChI=1S/C19H24N6O2S/c1-3-16-20-15-7-5-4-6-14(15)18(21-16)26-12-17-22-25(19(28)27-17)13-24-10-8-23(2)9-11-24/h4-7H,3,8-13H2,1-2H3. The number of para-hydroxylation sites is 1. The van der Waals surface area contributed by atoms with E-state index in [-0.39, 0.29) is 6.61 Å². The van der Waals surface area contributed by atoms with Gasteiger partial charge < -0.3 is 14.1 Å². The Hall–Kier alpha value is -2.36. The molecular weight excluding hydrogens is 376 g/mol. The SMILES string of the molecule is CCc1nc(OCc2nn(CN3CCN(C)CC3)c(=S)o2)c2ccccc2n1. The van der Waals surface area contributed by atoms with Gasteiger partial charge in [-0.2, -0.15) is 4.98 Å². The van der Waals surface area contributed by atoms with Crippen LogP contribution >= 0.6 is 12.2 Å². The van der Waals surface area contributed by atoms with Gasteiger partial charge in [0.05, 0.1) is 17.6 Å². The molecule has 28 heavy (non-hydrogen) atoms. The van der Waals surface area contributed by atoms with Crippen molar-refractivity contribution in [2.45, 2.75) is 26.6 Å². The molecule has 1 aliphatic rings. The Morgan fingerprint density at radius 2 is 1.93 bits per heavy atom. The van der Waals surface area contributed by atoms with Crippen LogP contribution in [0, 0.1) is 4.84 Å². The third-order valence-electron chi connectivity index (χ3n) is 4.84. The third-order valence-corrected chi connectivity index (χ3v) is 5.14. The summed E-state index contributed by atoms with van der Waals surface area (Å²) in [6.07, 6.45) is 0.738. The number of rotatable bonds is 6. The van der Waals surface area contributed by atoms with Gasteiger partial charge in [-0.3, -0.25) is 4.90 Å². The number of fused-ring (bicyclic) bond motifs is 1. The largest absolute Gasteiger partial charge is 0.467 e. The van der Waals surface area contributed by atoms with E-state index in [0.29, 0.717) is 23.3 Å². The molecule has 0 radical (unpaired) electrons. The smallest absolute Gasteiger partial charge is 0.288 e. The van der Waals surface area contributed by atoms with E-state index in [4.69, 9.17) is 21.4 Å². The number of benzene rings is 1. The van der Waals surface area contributed by atoms with Crippen LogP contribution in [0.25, 0.3) is 10.9 Å². The molecule has 1 aromatic carbocycles. The number of aryl methyl sites for hydroxylation is 1. The van der Waals surface area contributed by atoms with Gasteiger partial charge in [-0.1, -0.05) is 19.1 Å². The first-order valence-corrected chi connectivity index (χ1v) is 9.89. The van der Waals surface area contributed by atoms with E-state index in [0.717, 1.165) is 49.3 Å². The van der Waals surface area contributed by atoms with Crippen LogP contribution < -0.4 is 4.74 Å². The Bertz CT molecular complexity index is 1010. The molecule has 3 heterocycles. The van der Waals surface area contributed by atoms with Crippen LogP contribution in [-0.4, -0.2) is 62.8 Å². The van der Waals surface area contributed by atoms with E-state index in [1.807, 2.05) is 31.2 Å². The summed E-state index contributed by atoms with van der Waals surface area (Å²) in [5.41, 5.74) is 0.867. The minimum atomic E-state index is 0.170. The number of hydrogen-bond acceptors (Lipinski definition) is 8. The molecule has 0 spiro atoms. The highest BCUT2D eigenvalue weighted by atomic mass is 32.1. The predicted molar refractivity (Wildman–Crippen MR) is 108 cm³/mol. The molecule has 1 saturated heterocycles. The Balaban J connectivity index is 1.47. The van der Waals surface area contributed by atoms with Crippen molar-refractivity contribution < 1.29 is 9.15 Å². The third kappa shape index (κ3) is 4.21. The summed E-state index contributed by atoms with van der Waals surface area (Å²) in [5.74, 6) is 1.73. The monoisotopic (exact) mass is 400 g/mol. The van der Waals surface area contributed by atoms with Crippen molar-refractivity contribution in [3.05, 3.63) is 40.8 Å². The molecule has 0 atom stereocenters. The van der Waals surface area contributed by atoms with Crippen LogP contribution in [0.1, 0.15) is 18.6 Å². The lowest BCUT2D eigenvalue weighted by Crippen LogP contribution is -2.45. The molecule has 0 aliphatic carbocycles. The fourth-order valence-corrected chi connectivity index (χ4v) is 3.36. The Morgan fingerprint density at radius 3 is 2.71 bits per heavy atom. The van der Waals surface area contributed by atoms with Crippen molar-refractivity contribution in [3.8, 4) is 5.88 Å². The van der Waals surface area contributed by atoms with E-state index in [2.05, 4.69) is 31.9 Å². The maximum atomic E-state index is 5.93. The zero-order valence-corrected chi connectivity index (χ0v) is 17.0. The van der Waals surface area contributed by atoms with Crippen LogP contribution in [0.15, 0.2) is 28.7 Å². The maximum absolute atomic E-state index is 5.93. The van der Waals surface area contributed by atoms with Gasteiger partial charge in [-0.05, 0) is 31.4 Å². The predicted octanol–water partition coefficient (Wildman–Crippen LogP) is 2.50. The normalized spacial score (nSPS) is 15.9. The molecule has 0 unspecified atom stereocenters. The van der Waals surface area contributed by atoms with Gasteiger partial charge in [0.25, 0.3) is 10.7 Å². The first-order valence-electron chi connectivity index (χ1n) is 9.48. The van der Waals surface area contributed by atoms with Crippen LogP contribution in [0.3, 0.4) is 0 Å². The van der Waals surface area contributed by atoms with E-state index >= 15 is 0 Å². The average Bonchev–Trinajstić information content (AvgIpc) is 3.07. The van der Waals surface area contributed by atoms with Crippen molar-refractivity contribution in [2.75, 3.05) is 33.2 Å². The average molecular weight is 401 g/mol. The van der Waals surface area contributed by atoms with Crippen molar-refractivity contribution in [2.24, 2.45) is 0 Å². The highest BCUT2D eigenvalue weighted by molar-refractivity contribution is 7.71. The fraction of sp³-hybridized carbons (Fsp3) is 0.474. The first-order chi connectivity index (χ1) is 13.6. The van der Waals surface area contributed by atoms with Gasteiger partial charge in [0.15, 0.2) is 6.61 Å². The Morgan fingerprint density at radius 1 is 1.14 bits per heavy atom. The summed E-state index contributed by atoms with van der Waals surface area (Å²) in [4.78, 5) is 14.0.